The van der Waals surface area contributed by atoms with E-state index in [0.717, 1.165) is 16.8 Å². The highest BCUT2D eigenvalue weighted by molar-refractivity contribution is 7.14. The first-order valence-corrected chi connectivity index (χ1v) is 7.38. The van der Waals surface area contributed by atoms with Crippen molar-refractivity contribution in [3.8, 4) is 11.3 Å². The SMILES string of the molecule is Cc1ccc(-c2csc(NC(=O)CCC(=O)O)n2)c(C)c1. The highest BCUT2D eigenvalue weighted by Gasteiger charge is 2.10. The minimum Gasteiger partial charge on any atom is -0.481 e. The van der Waals surface area contributed by atoms with Gasteiger partial charge in [0.2, 0.25) is 5.91 Å². The lowest BCUT2D eigenvalue weighted by Crippen LogP contribution is -2.12. The Hall–Kier alpha value is -2.21. The van der Waals surface area contributed by atoms with Gasteiger partial charge in [-0.1, -0.05) is 23.8 Å². The second-order valence-electron chi connectivity index (χ2n) is 4.80. The molecule has 0 bridgehead atoms. The van der Waals surface area contributed by atoms with Crippen LogP contribution in [0.3, 0.4) is 0 Å². The molecule has 5 nitrogen and oxygen atoms in total. The summed E-state index contributed by atoms with van der Waals surface area (Å²) in [5.74, 6) is -1.32. The molecular weight excluding hydrogens is 288 g/mol. The van der Waals surface area contributed by atoms with Gasteiger partial charge in [0.25, 0.3) is 0 Å². The topological polar surface area (TPSA) is 79.3 Å². The van der Waals surface area contributed by atoms with Gasteiger partial charge in [0.05, 0.1) is 12.1 Å². The van der Waals surface area contributed by atoms with E-state index in [1.165, 1.54) is 16.9 Å². The molecule has 0 atom stereocenters. The van der Waals surface area contributed by atoms with Crippen LogP contribution in [0.25, 0.3) is 11.3 Å². The average molecular weight is 304 g/mol. The predicted octanol–water partition coefficient (Wildman–Crippen LogP) is 3.23. The first kappa shape index (κ1) is 15.2. The fraction of sp³-hybridized carbons (Fsp3) is 0.267. The monoisotopic (exact) mass is 304 g/mol. The first-order chi connectivity index (χ1) is 9.95. The summed E-state index contributed by atoms with van der Waals surface area (Å²) in [4.78, 5) is 26.4. The van der Waals surface area contributed by atoms with Crippen molar-refractivity contribution in [3.63, 3.8) is 0 Å². The quantitative estimate of drug-likeness (QED) is 0.889. The van der Waals surface area contributed by atoms with Gasteiger partial charge in [-0.15, -0.1) is 11.3 Å². The lowest BCUT2D eigenvalue weighted by Gasteiger charge is -2.03. The summed E-state index contributed by atoms with van der Waals surface area (Å²) in [7, 11) is 0. The molecule has 2 rings (SSSR count). The maximum absolute atomic E-state index is 11.6. The Bertz CT molecular complexity index is 679. The van der Waals surface area contributed by atoms with Gasteiger partial charge >= 0.3 is 5.97 Å². The average Bonchev–Trinajstić information content (AvgIpc) is 2.84. The number of carboxylic acids is 1. The summed E-state index contributed by atoms with van der Waals surface area (Å²) in [5.41, 5.74) is 4.16. The fourth-order valence-electron chi connectivity index (χ4n) is 1.96. The summed E-state index contributed by atoms with van der Waals surface area (Å²) in [6.45, 7) is 4.05. The third kappa shape index (κ3) is 4.13. The molecule has 0 unspecified atom stereocenters. The highest BCUT2D eigenvalue weighted by Crippen LogP contribution is 2.28. The summed E-state index contributed by atoms with van der Waals surface area (Å²) in [5, 5.41) is 13.5. The maximum atomic E-state index is 11.6. The lowest BCUT2D eigenvalue weighted by molar-refractivity contribution is -0.138. The van der Waals surface area contributed by atoms with Crippen molar-refractivity contribution in [2.45, 2.75) is 26.7 Å². The molecule has 2 N–H and O–H groups in total. The zero-order chi connectivity index (χ0) is 15.4. The first-order valence-electron chi connectivity index (χ1n) is 6.50. The van der Waals surface area contributed by atoms with Crippen LogP contribution in [-0.4, -0.2) is 22.0 Å². The van der Waals surface area contributed by atoms with Crippen LogP contribution in [0, 0.1) is 13.8 Å². The number of amides is 1. The molecule has 0 aliphatic rings. The van der Waals surface area contributed by atoms with E-state index in [0.29, 0.717) is 5.13 Å². The van der Waals surface area contributed by atoms with Crippen LogP contribution in [0.5, 0.6) is 0 Å². The molecule has 1 heterocycles. The van der Waals surface area contributed by atoms with E-state index in [9.17, 15) is 9.59 Å². The molecule has 0 spiro atoms. The number of carbonyl (C=O) groups is 2. The summed E-state index contributed by atoms with van der Waals surface area (Å²) < 4.78 is 0. The van der Waals surface area contributed by atoms with Gasteiger partial charge in [0.15, 0.2) is 5.13 Å². The zero-order valence-electron chi connectivity index (χ0n) is 11.8. The number of hydrogen-bond acceptors (Lipinski definition) is 4. The van der Waals surface area contributed by atoms with Gasteiger partial charge in [-0.25, -0.2) is 4.98 Å². The molecule has 2 aromatic rings. The number of aryl methyl sites for hydroxylation is 2. The normalized spacial score (nSPS) is 10.4. The number of aliphatic carboxylic acids is 1. The molecule has 6 heteroatoms. The third-order valence-corrected chi connectivity index (χ3v) is 3.73. The summed E-state index contributed by atoms with van der Waals surface area (Å²) in [6, 6.07) is 6.11. The van der Waals surface area contributed by atoms with Crippen LogP contribution in [-0.2, 0) is 9.59 Å². The van der Waals surface area contributed by atoms with E-state index in [2.05, 4.69) is 16.4 Å². The Morgan fingerprint density at radius 2 is 2.05 bits per heavy atom. The number of hydrogen-bond donors (Lipinski definition) is 2. The number of carboxylic acid groups (broad SMARTS) is 1. The molecule has 110 valence electrons. The van der Waals surface area contributed by atoms with E-state index >= 15 is 0 Å². The lowest BCUT2D eigenvalue weighted by atomic mass is 10.0. The van der Waals surface area contributed by atoms with E-state index < -0.39 is 5.97 Å². The predicted molar refractivity (Wildman–Crippen MR) is 82.5 cm³/mol. The number of thiazole rings is 1. The molecule has 1 aromatic carbocycles. The molecule has 0 aliphatic carbocycles. The minimum atomic E-state index is -0.986. The smallest absolute Gasteiger partial charge is 0.303 e. The third-order valence-electron chi connectivity index (χ3n) is 2.97. The second kappa shape index (κ2) is 6.49. The zero-order valence-corrected chi connectivity index (χ0v) is 12.7. The minimum absolute atomic E-state index is 0.0478. The Balaban J connectivity index is 2.07. The van der Waals surface area contributed by atoms with Crippen molar-refractivity contribution in [1.29, 1.82) is 0 Å². The van der Waals surface area contributed by atoms with Gasteiger partial charge in [-0.3, -0.25) is 9.59 Å². The van der Waals surface area contributed by atoms with Crippen LogP contribution in [0.4, 0.5) is 5.13 Å². The van der Waals surface area contributed by atoms with Crippen molar-refractivity contribution in [2.24, 2.45) is 0 Å². The molecular formula is C15H16N2O3S. The van der Waals surface area contributed by atoms with E-state index in [4.69, 9.17) is 5.11 Å². The molecule has 1 aromatic heterocycles. The van der Waals surface area contributed by atoms with Crippen LogP contribution >= 0.6 is 11.3 Å². The van der Waals surface area contributed by atoms with Gasteiger partial charge < -0.3 is 10.4 Å². The molecule has 0 aliphatic heterocycles. The number of rotatable bonds is 5. The van der Waals surface area contributed by atoms with Crippen molar-refractivity contribution in [1.82, 2.24) is 4.98 Å². The van der Waals surface area contributed by atoms with Gasteiger partial charge in [0.1, 0.15) is 0 Å². The Morgan fingerprint density at radius 3 is 2.71 bits per heavy atom. The maximum Gasteiger partial charge on any atom is 0.303 e. The van der Waals surface area contributed by atoms with Crippen molar-refractivity contribution in [3.05, 3.63) is 34.7 Å². The van der Waals surface area contributed by atoms with Crippen LogP contribution in [0.15, 0.2) is 23.6 Å². The summed E-state index contributed by atoms with van der Waals surface area (Å²) >= 11 is 1.33. The summed E-state index contributed by atoms with van der Waals surface area (Å²) in [6.07, 6.45) is -0.227. The Morgan fingerprint density at radius 1 is 1.29 bits per heavy atom. The number of carbonyl (C=O) groups excluding carboxylic acids is 1. The van der Waals surface area contributed by atoms with Gasteiger partial charge in [-0.2, -0.15) is 0 Å². The van der Waals surface area contributed by atoms with Gasteiger partial charge in [-0.05, 0) is 19.4 Å². The van der Waals surface area contributed by atoms with Crippen LogP contribution in [0.1, 0.15) is 24.0 Å². The number of aromatic nitrogens is 1. The number of nitrogens with one attached hydrogen (secondary N) is 1. The van der Waals surface area contributed by atoms with Gasteiger partial charge in [0, 0.05) is 17.4 Å². The van der Waals surface area contributed by atoms with Crippen molar-refractivity contribution >= 4 is 28.3 Å². The van der Waals surface area contributed by atoms with Crippen LogP contribution < -0.4 is 5.32 Å². The fourth-order valence-corrected chi connectivity index (χ4v) is 2.68. The van der Waals surface area contributed by atoms with Crippen molar-refractivity contribution in [2.75, 3.05) is 5.32 Å². The molecule has 0 saturated heterocycles. The highest BCUT2D eigenvalue weighted by atomic mass is 32.1. The standard InChI is InChI=1S/C15H16N2O3S/c1-9-3-4-11(10(2)7-9)12-8-21-15(16-12)17-13(18)5-6-14(19)20/h3-4,7-8H,5-6H2,1-2H3,(H,19,20)(H,16,17,18). The van der Waals surface area contributed by atoms with E-state index in [1.807, 2.05) is 31.4 Å². The number of benzene rings is 1. The second-order valence-corrected chi connectivity index (χ2v) is 5.66. The van der Waals surface area contributed by atoms with Crippen molar-refractivity contribution < 1.29 is 14.7 Å². The Labute approximate surface area is 126 Å². The molecule has 1 amide bonds. The molecule has 0 saturated carbocycles. The van der Waals surface area contributed by atoms with Crippen LogP contribution in [0.2, 0.25) is 0 Å². The molecule has 0 radical (unpaired) electrons. The molecule has 21 heavy (non-hydrogen) atoms. The van der Waals surface area contributed by atoms with E-state index in [1.54, 1.807) is 0 Å². The Kier molecular flexibility index (Phi) is 4.70. The number of anilines is 1. The van der Waals surface area contributed by atoms with E-state index in [-0.39, 0.29) is 18.7 Å². The number of nitrogens with zero attached hydrogens (tertiary/aromatic N) is 1. The molecule has 0 fully saturated rings. The largest absolute Gasteiger partial charge is 0.481 e.